The smallest absolute Gasteiger partial charge is 0.241 e. The molecule has 0 saturated heterocycles. The predicted octanol–water partition coefficient (Wildman–Crippen LogP) is 4.22. The van der Waals surface area contributed by atoms with Crippen molar-refractivity contribution in [3.05, 3.63) is 40.7 Å². The molecule has 0 atom stereocenters. The van der Waals surface area contributed by atoms with E-state index in [9.17, 15) is 13.2 Å². The Morgan fingerprint density at radius 3 is 2.50 bits per heavy atom. The van der Waals surface area contributed by atoms with E-state index < -0.39 is 11.7 Å². The summed E-state index contributed by atoms with van der Waals surface area (Å²) in [6.07, 6.45) is -4.38. The fourth-order valence-electron chi connectivity index (χ4n) is 1.60. The second-order valence-corrected chi connectivity index (χ2v) is 3.81. The van der Waals surface area contributed by atoms with Gasteiger partial charge in [-0.2, -0.15) is 13.2 Å². The molecule has 0 radical (unpaired) electrons. The van der Waals surface area contributed by atoms with Gasteiger partial charge in [0.05, 0.1) is 5.56 Å². The van der Waals surface area contributed by atoms with Crippen molar-refractivity contribution in [3.63, 3.8) is 0 Å². The van der Waals surface area contributed by atoms with Crippen molar-refractivity contribution in [2.45, 2.75) is 13.1 Å². The van der Waals surface area contributed by atoms with E-state index in [1.165, 1.54) is 18.2 Å². The van der Waals surface area contributed by atoms with Gasteiger partial charge in [0.1, 0.15) is 5.15 Å². The molecule has 0 aliphatic carbocycles. The molecular formula is C11H7ClF3N. The lowest BCUT2D eigenvalue weighted by Crippen LogP contribution is -2.06. The first-order valence-corrected chi connectivity index (χ1v) is 4.90. The first kappa shape index (κ1) is 11.2. The van der Waals surface area contributed by atoms with E-state index in [0.29, 0.717) is 11.1 Å². The van der Waals surface area contributed by atoms with Crippen molar-refractivity contribution in [1.82, 2.24) is 4.98 Å². The molecule has 16 heavy (non-hydrogen) atoms. The first-order chi connectivity index (χ1) is 7.39. The van der Waals surface area contributed by atoms with Crippen LogP contribution in [0.1, 0.15) is 11.3 Å². The van der Waals surface area contributed by atoms with Crippen LogP contribution in [0.25, 0.3) is 10.8 Å². The van der Waals surface area contributed by atoms with Gasteiger partial charge in [-0.3, -0.25) is 0 Å². The zero-order chi connectivity index (χ0) is 11.9. The number of hydrogen-bond acceptors (Lipinski definition) is 1. The van der Waals surface area contributed by atoms with E-state index in [1.54, 1.807) is 6.92 Å². The first-order valence-electron chi connectivity index (χ1n) is 4.52. The molecule has 0 aliphatic rings. The highest BCUT2D eigenvalue weighted by atomic mass is 35.5. The molecule has 0 amide bonds. The Morgan fingerprint density at radius 2 is 1.88 bits per heavy atom. The van der Waals surface area contributed by atoms with E-state index in [-0.39, 0.29) is 10.5 Å². The van der Waals surface area contributed by atoms with E-state index >= 15 is 0 Å². The molecule has 5 heteroatoms. The zero-order valence-corrected chi connectivity index (χ0v) is 9.02. The summed E-state index contributed by atoms with van der Waals surface area (Å²) in [6, 6.07) is 5.29. The minimum absolute atomic E-state index is 0.0903. The molecule has 2 rings (SSSR count). The van der Waals surface area contributed by atoms with E-state index in [1.807, 2.05) is 0 Å². The maximum absolute atomic E-state index is 12.7. The SMILES string of the molecule is Cc1cc2c(C(F)(F)F)cccc2c(Cl)n1. The van der Waals surface area contributed by atoms with Crippen LogP contribution in [0.2, 0.25) is 5.15 Å². The Kier molecular flexibility index (Phi) is 2.54. The zero-order valence-electron chi connectivity index (χ0n) is 8.27. The molecule has 84 valence electrons. The van der Waals surface area contributed by atoms with E-state index in [4.69, 9.17) is 11.6 Å². The van der Waals surface area contributed by atoms with Crippen LogP contribution < -0.4 is 0 Å². The van der Waals surface area contributed by atoms with Crippen molar-refractivity contribution >= 4 is 22.4 Å². The summed E-state index contributed by atoms with van der Waals surface area (Å²) in [5.41, 5.74) is -0.216. The third-order valence-corrected chi connectivity index (χ3v) is 2.55. The van der Waals surface area contributed by atoms with Crippen LogP contribution in [0.4, 0.5) is 13.2 Å². The molecule has 0 saturated carbocycles. The summed E-state index contributed by atoms with van der Waals surface area (Å²) in [7, 11) is 0. The number of halogens is 4. The summed E-state index contributed by atoms with van der Waals surface area (Å²) >= 11 is 5.81. The molecule has 0 bridgehead atoms. The molecule has 2 aromatic rings. The number of aryl methyl sites for hydroxylation is 1. The quantitative estimate of drug-likeness (QED) is 0.634. The Hall–Kier alpha value is -1.29. The predicted molar refractivity (Wildman–Crippen MR) is 56.5 cm³/mol. The van der Waals surface area contributed by atoms with Crippen molar-refractivity contribution in [3.8, 4) is 0 Å². The van der Waals surface area contributed by atoms with E-state index in [0.717, 1.165) is 6.07 Å². The fraction of sp³-hybridized carbons (Fsp3) is 0.182. The molecule has 0 N–H and O–H groups in total. The van der Waals surface area contributed by atoms with Crippen molar-refractivity contribution < 1.29 is 13.2 Å². The second-order valence-electron chi connectivity index (χ2n) is 3.45. The summed E-state index contributed by atoms with van der Waals surface area (Å²) in [5, 5.41) is 0.510. The number of pyridine rings is 1. The highest BCUT2D eigenvalue weighted by Gasteiger charge is 2.32. The number of rotatable bonds is 0. The number of alkyl halides is 3. The standard InChI is InChI=1S/C11H7ClF3N/c1-6-5-8-7(10(12)16-6)3-2-4-9(8)11(13,14)15/h2-5H,1H3. The highest BCUT2D eigenvalue weighted by molar-refractivity contribution is 6.34. The Balaban J connectivity index is 2.87. The van der Waals surface area contributed by atoms with Gasteiger partial charge in [0.25, 0.3) is 0 Å². The minimum Gasteiger partial charge on any atom is -0.241 e. The Labute approximate surface area is 94.9 Å². The number of hydrogen-bond donors (Lipinski definition) is 0. The van der Waals surface area contributed by atoms with Gasteiger partial charge in [0, 0.05) is 11.1 Å². The number of aromatic nitrogens is 1. The van der Waals surface area contributed by atoms with Crippen LogP contribution >= 0.6 is 11.6 Å². The molecule has 0 spiro atoms. The molecule has 1 nitrogen and oxygen atoms in total. The third kappa shape index (κ3) is 1.85. The highest BCUT2D eigenvalue weighted by Crippen LogP contribution is 2.36. The van der Waals surface area contributed by atoms with Gasteiger partial charge < -0.3 is 0 Å². The van der Waals surface area contributed by atoms with Gasteiger partial charge in [0.15, 0.2) is 0 Å². The normalized spacial score (nSPS) is 12.1. The van der Waals surface area contributed by atoms with Crippen molar-refractivity contribution in [2.75, 3.05) is 0 Å². The topological polar surface area (TPSA) is 12.9 Å². The van der Waals surface area contributed by atoms with Crippen LogP contribution in [0, 0.1) is 6.92 Å². The average Bonchev–Trinajstić information content (AvgIpc) is 2.15. The Bertz CT molecular complexity index is 549. The summed E-state index contributed by atoms with van der Waals surface area (Å²) in [6.45, 7) is 1.61. The monoisotopic (exact) mass is 245 g/mol. The van der Waals surface area contributed by atoms with Gasteiger partial charge in [-0.15, -0.1) is 0 Å². The van der Waals surface area contributed by atoms with Gasteiger partial charge in [-0.05, 0) is 24.4 Å². The molecule has 0 aliphatic heterocycles. The van der Waals surface area contributed by atoms with Crippen LogP contribution in [0.15, 0.2) is 24.3 Å². The lowest BCUT2D eigenvalue weighted by atomic mass is 10.1. The minimum atomic E-state index is -4.38. The average molecular weight is 246 g/mol. The molecule has 1 aromatic carbocycles. The summed E-state index contributed by atoms with van der Waals surface area (Å²) in [5.74, 6) is 0. The van der Waals surface area contributed by atoms with Gasteiger partial charge >= 0.3 is 6.18 Å². The number of fused-ring (bicyclic) bond motifs is 1. The number of benzene rings is 1. The van der Waals surface area contributed by atoms with Crippen LogP contribution in [0.3, 0.4) is 0 Å². The fourth-order valence-corrected chi connectivity index (χ4v) is 1.90. The molecular weight excluding hydrogens is 239 g/mol. The Morgan fingerprint density at radius 1 is 1.19 bits per heavy atom. The maximum Gasteiger partial charge on any atom is 0.417 e. The summed E-state index contributed by atoms with van der Waals surface area (Å²) in [4.78, 5) is 3.92. The molecule has 1 heterocycles. The number of nitrogens with zero attached hydrogens (tertiary/aromatic N) is 1. The van der Waals surface area contributed by atoms with Gasteiger partial charge in [-0.25, -0.2) is 4.98 Å². The summed E-state index contributed by atoms with van der Waals surface area (Å²) < 4.78 is 38.2. The van der Waals surface area contributed by atoms with Crippen molar-refractivity contribution in [2.24, 2.45) is 0 Å². The largest absolute Gasteiger partial charge is 0.417 e. The van der Waals surface area contributed by atoms with Gasteiger partial charge in [0.2, 0.25) is 0 Å². The second kappa shape index (κ2) is 3.63. The van der Waals surface area contributed by atoms with Crippen LogP contribution in [0.5, 0.6) is 0 Å². The lowest BCUT2D eigenvalue weighted by Gasteiger charge is -2.11. The third-order valence-electron chi connectivity index (χ3n) is 2.26. The van der Waals surface area contributed by atoms with E-state index in [2.05, 4.69) is 4.98 Å². The van der Waals surface area contributed by atoms with Gasteiger partial charge in [-0.1, -0.05) is 23.7 Å². The maximum atomic E-state index is 12.7. The van der Waals surface area contributed by atoms with Crippen LogP contribution in [-0.4, -0.2) is 4.98 Å². The molecule has 0 unspecified atom stereocenters. The van der Waals surface area contributed by atoms with Crippen molar-refractivity contribution in [1.29, 1.82) is 0 Å². The lowest BCUT2D eigenvalue weighted by molar-refractivity contribution is -0.136. The van der Waals surface area contributed by atoms with Crippen LogP contribution in [-0.2, 0) is 6.18 Å². The molecule has 1 aromatic heterocycles. The molecule has 0 fully saturated rings.